The number of hydrogen-bond donors (Lipinski definition) is 2. The number of benzene rings is 3. The topological polar surface area (TPSA) is 97.6 Å². The van der Waals surface area contributed by atoms with Crippen LogP contribution in [-0.4, -0.2) is 42.8 Å². The van der Waals surface area contributed by atoms with E-state index in [1.165, 1.54) is 15.7 Å². The van der Waals surface area contributed by atoms with E-state index >= 15 is 0 Å². The minimum Gasteiger partial charge on any atom is -0.497 e. The Morgan fingerprint density at radius 1 is 1.07 bits per heavy atom. The average Bonchev–Trinajstić information content (AvgIpc) is 3.35. The summed E-state index contributed by atoms with van der Waals surface area (Å²) in [5.41, 5.74) is 1.51. The van der Waals surface area contributed by atoms with E-state index < -0.39 is 21.5 Å². The fourth-order valence-corrected chi connectivity index (χ4v) is 8.30. The zero-order valence-corrected chi connectivity index (χ0v) is 25.0. The minimum absolute atomic E-state index is 0.0114. The van der Waals surface area contributed by atoms with Gasteiger partial charge in [0.25, 0.3) is 10.0 Å². The first-order valence-electron chi connectivity index (χ1n) is 13.9. The molecule has 1 aliphatic rings. The van der Waals surface area contributed by atoms with Gasteiger partial charge in [0.05, 0.1) is 29.4 Å². The number of rotatable bonds is 11. The van der Waals surface area contributed by atoms with Gasteiger partial charge in [-0.1, -0.05) is 43.3 Å². The van der Waals surface area contributed by atoms with Crippen LogP contribution in [-0.2, 0) is 21.2 Å². The Hall–Kier alpha value is -3.27. The molecule has 0 saturated heterocycles. The van der Waals surface area contributed by atoms with E-state index in [1.807, 2.05) is 48.5 Å². The van der Waals surface area contributed by atoms with Crippen molar-refractivity contribution in [1.29, 1.82) is 0 Å². The van der Waals surface area contributed by atoms with Crippen molar-refractivity contribution in [2.75, 3.05) is 19.4 Å². The number of aliphatic hydroxyl groups is 1. The lowest BCUT2D eigenvalue weighted by molar-refractivity contribution is -0.118. The molecule has 1 heterocycles. The fourth-order valence-electron chi connectivity index (χ4n) is 5.96. The summed E-state index contributed by atoms with van der Waals surface area (Å²) >= 11 is 1.51. The van der Waals surface area contributed by atoms with E-state index in [2.05, 4.69) is 12.2 Å². The van der Waals surface area contributed by atoms with Crippen molar-refractivity contribution in [3.8, 4) is 5.75 Å². The van der Waals surface area contributed by atoms with Crippen LogP contribution in [0.1, 0.15) is 50.0 Å². The van der Waals surface area contributed by atoms with Crippen LogP contribution in [0.2, 0.25) is 0 Å². The van der Waals surface area contributed by atoms with Gasteiger partial charge in [0, 0.05) is 33.5 Å². The number of nitrogens with one attached hydrogen (secondary N) is 1. The monoisotopic (exact) mass is 592 g/mol. The fraction of sp³-hybridized carbons (Fsp3) is 0.344. The number of fused-ring (bicyclic) bond motifs is 3. The van der Waals surface area contributed by atoms with Crippen LogP contribution in [0.5, 0.6) is 5.75 Å². The molecule has 5 rings (SSSR count). The number of para-hydroxylation sites is 1. The lowest BCUT2D eigenvalue weighted by Crippen LogP contribution is -2.35. The largest absolute Gasteiger partial charge is 0.497 e. The van der Waals surface area contributed by atoms with Crippen molar-refractivity contribution in [2.45, 2.75) is 54.9 Å². The zero-order chi connectivity index (χ0) is 29.0. The molecule has 1 aromatic heterocycles. The van der Waals surface area contributed by atoms with Crippen molar-refractivity contribution in [2.24, 2.45) is 5.41 Å². The Kier molecular flexibility index (Phi) is 8.77. The summed E-state index contributed by atoms with van der Waals surface area (Å²) in [6, 6.07) is 23.6. The summed E-state index contributed by atoms with van der Waals surface area (Å²) in [4.78, 5) is 13.6. The van der Waals surface area contributed by atoms with E-state index in [4.69, 9.17) is 4.74 Å². The Morgan fingerprint density at radius 3 is 2.49 bits per heavy atom. The molecule has 0 radical (unpaired) electrons. The number of nitrogens with zero attached hydrogens (tertiary/aromatic N) is 1. The van der Waals surface area contributed by atoms with Gasteiger partial charge < -0.3 is 15.2 Å². The Balaban J connectivity index is 1.35. The van der Waals surface area contributed by atoms with E-state index in [1.54, 1.807) is 37.4 Å². The van der Waals surface area contributed by atoms with Gasteiger partial charge in [-0.15, -0.1) is 11.8 Å². The molecule has 1 amide bonds. The first-order chi connectivity index (χ1) is 19.8. The molecule has 2 N–H and O–H groups in total. The van der Waals surface area contributed by atoms with Crippen LogP contribution in [0, 0.1) is 5.41 Å². The summed E-state index contributed by atoms with van der Waals surface area (Å²) < 4.78 is 34.5. The molecule has 0 saturated carbocycles. The third-order valence-corrected chi connectivity index (χ3v) is 11.0. The highest BCUT2D eigenvalue weighted by molar-refractivity contribution is 8.00. The summed E-state index contributed by atoms with van der Waals surface area (Å²) in [5.74, 6) is 0.928. The second-order valence-corrected chi connectivity index (χ2v) is 13.3. The number of ether oxygens (including phenoxy) is 1. The number of hydrogen-bond acceptors (Lipinski definition) is 6. The van der Waals surface area contributed by atoms with Gasteiger partial charge in [-0.25, -0.2) is 12.4 Å². The van der Waals surface area contributed by atoms with Gasteiger partial charge >= 0.3 is 0 Å². The number of carbonyl (C=O) groups is 1. The van der Waals surface area contributed by atoms with Gasteiger partial charge in [0.15, 0.2) is 0 Å². The van der Waals surface area contributed by atoms with Crippen LogP contribution in [0.3, 0.4) is 0 Å². The number of aliphatic hydroxyl groups excluding tert-OH is 1. The molecule has 3 aromatic carbocycles. The van der Waals surface area contributed by atoms with E-state index in [0.717, 1.165) is 29.5 Å². The Morgan fingerprint density at radius 2 is 1.78 bits per heavy atom. The van der Waals surface area contributed by atoms with Gasteiger partial charge in [0.2, 0.25) is 5.91 Å². The second-order valence-electron chi connectivity index (χ2n) is 10.5. The normalized spacial score (nSPS) is 18.7. The van der Waals surface area contributed by atoms with E-state index in [-0.39, 0.29) is 10.8 Å². The number of aromatic nitrogens is 1. The van der Waals surface area contributed by atoms with Crippen molar-refractivity contribution in [1.82, 2.24) is 9.29 Å². The van der Waals surface area contributed by atoms with Gasteiger partial charge in [-0.2, -0.15) is 0 Å². The standard InChI is InChI=1S/C32H36N2O5S2/c1-3-32(19-9-21-33-29(35)22-40-24-10-5-4-6-11-24)20-18-28-30(31(32)36)26-12-7-8-13-27(26)34(28)41(37,38)25-16-14-23(39-2)15-17-25/h4-8,10-17,31,36H,3,9,18-22H2,1-2H3,(H,33,35)/t31-,32-/m1/s1. The molecule has 9 heteroatoms. The molecule has 4 aromatic rings. The van der Waals surface area contributed by atoms with Crippen LogP contribution in [0.4, 0.5) is 0 Å². The maximum absolute atomic E-state index is 13.9. The highest BCUT2D eigenvalue weighted by Gasteiger charge is 2.44. The number of amides is 1. The lowest BCUT2D eigenvalue weighted by Gasteiger charge is -2.41. The van der Waals surface area contributed by atoms with Crippen molar-refractivity contribution < 1.29 is 23.1 Å². The van der Waals surface area contributed by atoms with Crippen molar-refractivity contribution >= 4 is 38.6 Å². The summed E-state index contributed by atoms with van der Waals surface area (Å²) in [5, 5.41) is 15.7. The maximum atomic E-state index is 13.9. The average molecular weight is 593 g/mol. The number of methoxy groups -OCH3 is 1. The van der Waals surface area contributed by atoms with E-state index in [0.29, 0.717) is 47.7 Å². The molecule has 7 nitrogen and oxygen atoms in total. The zero-order valence-electron chi connectivity index (χ0n) is 23.4. The highest BCUT2D eigenvalue weighted by atomic mass is 32.2. The van der Waals surface area contributed by atoms with Crippen molar-refractivity contribution in [3.63, 3.8) is 0 Å². The molecular formula is C32H36N2O5S2. The third kappa shape index (κ3) is 5.76. The third-order valence-electron chi connectivity index (χ3n) is 8.27. The SMILES string of the molecule is CC[C@@]1(CCCNC(=O)CSc2ccccc2)CCc2c(c3ccccc3n2S(=O)(=O)c2ccc(OC)cc2)[C@H]1O. The van der Waals surface area contributed by atoms with Gasteiger partial charge in [-0.3, -0.25) is 4.79 Å². The molecule has 0 aliphatic heterocycles. The molecule has 0 fully saturated rings. The van der Waals surface area contributed by atoms with Gasteiger partial charge in [-0.05, 0) is 74.6 Å². The first-order valence-corrected chi connectivity index (χ1v) is 16.4. The molecule has 0 bridgehead atoms. The highest BCUT2D eigenvalue weighted by Crippen LogP contribution is 2.52. The molecule has 0 spiro atoms. The summed E-state index contributed by atoms with van der Waals surface area (Å²) in [7, 11) is -2.37. The first kappa shape index (κ1) is 29.2. The van der Waals surface area contributed by atoms with Crippen LogP contribution < -0.4 is 10.1 Å². The number of thioether (sulfide) groups is 1. The lowest BCUT2D eigenvalue weighted by atomic mass is 9.66. The van der Waals surface area contributed by atoms with Crippen LogP contribution in [0.15, 0.2) is 88.7 Å². The predicted octanol–water partition coefficient (Wildman–Crippen LogP) is 5.95. The quantitative estimate of drug-likeness (QED) is 0.165. The van der Waals surface area contributed by atoms with Gasteiger partial charge in [0.1, 0.15) is 5.75 Å². The molecule has 1 aliphatic carbocycles. The molecule has 2 atom stereocenters. The molecule has 41 heavy (non-hydrogen) atoms. The second kappa shape index (κ2) is 12.3. The van der Waals surface area contributed by atoms with E-state index in [9.17, 15) is 18.3 Å². The predicted molar refractivity (Wildman–Crippen MR) is 163 cm³/mol. The Labute approximate surface area is 246 Å². The number of carbonyl (C=O) groups excluding carboxylic acids is 1. The maximum Gasteiger partial charge on any atom is 0.268 e. The molecule has 216 valence electrons. The summed E-state index contributed by atoms with van der Waals surface area (Å²) in [6.45, 7) is 2.61. The molecule has 0 unspecified atom stereocenters. The molecular weight excluding hydrogens is 556 g/mol. The van der Waals surface area contributed by atoms with Crippen LogP contribution in [0.25, 0.3) is 10.9 Å². The minimum atomic E-state index is -3.91. The van der Waals surface area contributed by atoms with Crippen LogP contribution >= 0.6 is 11.8 Å². The summed E-state index contributed by atoms with van der Waals surface area (Å²) in [6.07, 6.45) is 2.56. The smallest absolute Gasteiger partial charge is 0.268 e. The Bertz CT molecular complexity index is 1620. The van der Waals surface area contributed by atoms with Crippen molar-refractivity contribution in [3.05, 3.63) is 90.1 Å².